The zero-order chi connectivity index (χ0) is 20.4. The van der Waals surface area contributed by atoms with Crippen LogP contribution in [0.2, 0.25) is 0 Å². The molecule has 0 aliphatic carbocycles. The molecule has 150 valence electrons. The number of benzene rings is 2. The quantitative estimate of drug-likeness (QED) is 0.643. The summed E-state index contributed by atoms with van der Waals surface area (Å²) in [6.07, 6.45) is 2.52. The highest BCUT2D eigenvalue weighted by Crippen LogP contribution is 2.32. The van der Waals surface area contributed by atoms with Gasteiger partial charge in [-0.15, -0.1) is 11.3 Å². The largest absolute Gasteiger partial charge is 0.307 e. The SMILES string of the molecule is CCc1ccc(S(=O)(=O)Nc2ccc3c(c2)CCCN3C(=O)c2cccs2)cc1. The van der Waals surface area contributed by atoms with E-state index in [0.29, 0.717) is 17.1 Å². The number of hydrogen-bond acceptors (Lipinski definition) is 4. The molecular formula is C22H22N2O3S2. The van der Waals surface area contributed by atoms with Gasteiger partial charge in [-0.1, -0.05) is 25.1 Å². The van der Waals surface area contributed by atoms with Gasteiger partial charge in [-0.25, -0.2) is 8.42 Å². The number of thiophene rings is 1. The Hall–Kier alpha value is -2.64. The van der Waals surface area contributed by atoms with Crippen LogP contribution in [-0.4, -0.2) is 20.9 Å². The smallest absolute Gasteiger partial charge is 0.268 e. The highest BCUT2D eigenvalue weighted by Gasteiger charge is 2.25. The Morgan fingerprint density at radius 3 is 2.62 bits per heavy atom. The van der Waals surface area contributed by atoms with Crippen molar-refractivity contribution in [3.63, 3.8) is 0 Å². The summed E-state index contributed by atoms with van der Waals surface area (Å²) in [4.78, 5) is 15.5. The second-order valence-electron chi connectivity index (χ2n) is 6.98. The number of carbonyl (C=O) groups excluding carboxylic acids is 1. The summed E-state index contributed by atoms with van der Waals surface area (Å²) in [5.74, 6) is -0.00899. The number of amides is 1. The van der Waals surface area contributed by atoms with E-state index in [1.54, 1.807) is 23.1 Å². The molecule has 1 aromatic heterocycles. The Morgan fingerprint density at radius 1 is 1.14 bits per heavy atom. The van der Waals surface area contributed by atoms with Gasteiger partial charge >= 0.3 is 0 Å². The Balaban J connectivity index is 1.58. The average Bonchev–Trinajstić information content (AvgIpc) is 3.27. The van der Waals surface area contributed by atoms with Gasteiger partial charge in [-0.3, -0.25) is 9.52 Å². The van der Waals surface area contributed by atoms with Crippen LogP contribution in [0, 0.1) is 0 Å². The predicted molar refractivity (Wildman–Crippen MR) is 117 cm³/mol. The van der Waals surface area contributed by atoms with Gasteiger partial charge in [0.05, 0.1) is 9.77 Å². The monoisotopic (exact) mass is 426 g/mol. The van der Waals surface area contributed by atoms with E-state index in [2.05, 4.69) is 4.72 Å². The first kappa shape index (κ1) is 19.7. The molecule has 0 unspecified atom stereocenters. The highest BCUT2D eigenvalue weighted by atomic mass is 32.2. The maximum atomic E-state index is 12.8. The summed E-state index contributed by atoms with van der Waals surface area (Å²) in [7, 11) is -3.66. The van der Waals surface area contributed by atoms with Gasteiger partial charge in [0, 0.05) is 17.9 Å². The van der Waals surface area contributed by atoms with Gasteiger partial charge in [-0.2, -0.15) is 0 Å². The molecule has 5 nitrogen and oxygen atoms in total. The first-order valence-corrected chi connectivity index (χ1v) is 11.9. The van der Waals surface area contributed by atoms with Crippen molar-refractivity contribution in [1.82, 2.24) is 0 Å². The van der Waals surface area contributed by atoms with E-state index in [4.69, 9.17) is 0 Å². The van der Waals surface area contributed by atoms with Gasteiger partial charge < -0.3 is 4.90 Å². The van der Waals surface area contributed by atoms with Crippen molar-refractivity contribution in [3.8, 4) is 0 Å². The molecule has 0 atom stereocenters. The standard InChI is InChI=1S/C22H22N2O3S2/c1-2-16-7-10-19(11-8-16)29(26,27)23-18-9-12-20-17(15-18)5-3-13-24(20)22(25)21-6-4-14-28-21/h4,6-12,14-15,23H,2-3,5,13H2,1H3. The molecule has 3 aromatic rings. The van der Waals surface area contributed by atoms with Gasteiger partial charge in [-0.05, 0) is 72.2 Å². The van der Waals surface area contributed by atoms with E-state index in [-0.39, 0.29) is 10.8 Å². The van der Waals surface area contributed by atoms with Crippen molar-refractivity contribution in [2.24, 2.45) is 0 Å². The molecule has 1 aliphatic rings. The lowest BCUT2D eigenvalue weighted by atomic mass is 10.0. The van der Waals surface area contributed by atoms with E-state index >= 15 is 0 Å². The summed E-state index contributed by atoms with van der Waals surface area (Å²) in [6, 6.07) is 16.0. The number of rotatable bonds is 5. The van der Waals surface area contributed by atoms with Crippen molar-refractivity contribution in [2.45, 2.75) is 31.1 Å². The molecule has 1 amide bonds. The number of hydrogen-bond donors (Lipinski definition) is 1. The number of sulfonamides is 1. The van der Waals surface area contributed by atoms with Crippen molar-refractivity contribution in [1.29, 1.82) is 0 Å². The summed E-state index contributed by atoms with van der Waals surface area (Å²) >= 11 is 1.43. The van der Waals surface area contributed by atoms with E-state index in [0.717, 1.165) is 36.1 Å². The van der Waals surface area contributed by atoms with Gasteiger partial charge in [0.25, 0.3) is 15.9 Å². The minimum absolute atomic E-state index is 0.00899. The molecule has 1 aliphatic heterocycles. The van der Waals surface area contributed by atoms with Crippen LogP contribution in [0.15, 0.2) is 64.9 Å². The van der Waals surface area contributed by atoms with Crippen LogP contribution in [-0.2, 0) is 22.9 Å². The lowest BCUT2D eigenvalue weighted by molar-refractivity contribution is 0.0989. The fraction of sp³-hybridized carbons (Fsp3) is 0.227. The van der Waals surface area contributed by atoms with Gasteiger partial charge in [0.1, 0.15) is 0 Å². The molecule has 0 saturated carbocycles. The minimum Gasteiger partial charge on any atom is -0.307 e. The Labute approximate surface area is 175 Å². The van der Waals surface area contributed by atoms with Crippen molar-refractivity contribution in [3.05, 3.63) is 76.0 Å². The lowest BCUT2D eigenvalue weighted by Crippen LogP contribution is -2.35. The van der Waals surface area contributed by atoms with E-state index in [1.165, 1.54) is 11.3 Å². The topological polar surface area (TPSA) is 66.5 Å². The van der Waals surface area contributed by atoms with Crippen LogP contribution in [0.5, 0.6) is 0 Å². The molecule has 29 heavy (non-hydrogen) atoms. The van der Waals surface area contributed by atoms with Gasteiger partial charge in [0.2, 0.25) is 0 Å². The van der Waals surface area contributed by atoms with Crippen molar-refractivity contribution >= 4 is 38.6 Å². The molecule has 4 rings (SSSR count). The fourth-order valence-corrected chi connectivity index (χ4v) is 5.24. The van der Waals surface area contributed by atoms with Crippen LogP contribution in [0.25, 0.3) is 0 Å². The third-order valence-electron chi connectivity index (χ3n) is 5.07. The number of nitrogens with zero attached hydrogens (tertiary/aromatic N) is 1. The first-order valence-electron chi connectivity index (χ1n) is 9.58. The maximum Gasteiger partial charge on any atom is 0.268 e. The maximum absolute atomic E-state index is 12.8. The second-order valence-corrected chi connectivity index (χ2v) is 9.61. The molecule has 0 radical (unpaired) electrons. The van der Waals surface area contributed by atoms with Crippen LogP contribution < -0.4 is 9.62 Å². The molecule has 1 N–H and O–H groups in total. The second kappa shape index (κ2) is 8.00. The molecular weight excluding hydrogens is 404 g/mol. The summed E-state index contributed by atoms with van der Waals surface area (Å²) in [5, 5.41) is 1.89. The Morgan fingerprint density at radius 2 is 1.93 bits per heavy atom. The van der Waals surface area contributed by atoms with Crippen LogP contribution in [0.4, 0.5) is 11.4 Å². The third kappa shape index (κ3) is 4.06. The number of aryl methyl sites for hydroxylation is 2. The van der Waals surface area contributed by atoms with E-state index < -0.39 is 10.0 Å². The summed E-state index contributed by atoms with van der Waals surface area (Å²) in [5.41, 5.74) is 3.43. The van der Waals surface area contributed by atoms with Gasteiger partial charge in [0.15, 0.2) is 0 Å². The highest BCUT2D eigenvalue weighted by molar-refractivity contribution is 7.92. The summed E-state index contributed by atoms with van der Waals surface area (Å²) < 4.78 is 28.1. The third-order valence-corrected chi connectivity index (χ3v) is 7.32. The molecule has 2 aromatic carbocycles. The first-order chi connectivity index (χ1) is 14.0. The molecule has 7 heteroatoms. The van der Waals surface area contributed by atoms with Crippen LogP contribution in [0.3, 0.4) is 0 Å². The lowest BCUT2D eigenvalue weighted by Gasteiger charge is -2.29. The summed E-state index contributed by atoms with van der Waals surface area (Å²) in [6.45, 7) is 2.69. The average molecular weight is 427 g/mol. The normalized spacial score (nSPS) is 13.8. The number of nitrogens with one attached hydrogen (secondary N) is 1. The molecule has 0 bridgehead atoms. The zero-order valence-electron chi connectivity index (χ0n) is 16.1. The predicted octanol–water partition coefficient (Wildman–Crippen LogP) is 4.70. The molecule has 2 heterocycles. The number of anilines is 2. The number of fused-ring (bicyclic) bond motifs is 1. The zero-order valence-corrected chi connectivity index (χ0v) is 17.7. The van der Waals surface area contributed by atoms with Crippen molar-refractivity contribution < 1.29 is 13.2 Å². The number of carbonyl (C=O) groups is 1. The van der Waals surface area contributed by atoms with Crippen LogP contribution >= 0.6 is 11.3 Å². The minimum atomic E-state index is -3.66. The van der Waals surface area contributed by atoms with Crippen molar-refractivity contribution in [2.75, 3.05) is 16.2 Å². The van der Waals surface area contributed by atoms with E-state index in [9.17, 15) is 13.2 Å². The Bertz CT molecular complexity index is 1120. The molecule has 0 fully saturated rings. The fourth-order valence-electron chi connectivity index (χ4n) is 3.52. The molecule has 0 saturated heterocycles. The van der Waals surface area contributed by atoms with Crippen LogP contribution in [0.1, 0.15) is 34.1 Å². The van der Waals surface area contributed by atoms with E-state index in [1.807, 2.05) is 48.7 Å². The molecule has 0 spiro atoms. The Kier molecular flexibility index (Phi) is 5.43.